The average molecular weight is 481 g/mol. The molecule has 9 nitrogen and oxygen atoms in total. The lowest BCUT2D eigenvalue weighted by atomic mass is 9.82. The van der Waals surface area contributed by atoms with Gasteiger partial charge in [-0.1, -0.05) is 12.5 Å². The van der Waals surface area contributed by atoms with Gasteiger partial charge in [0.1, 0.15) is 17.6 Å². The van der Waals surface area contributed by atoms with Gasteiger partial charge in [0.05, 0.1) is 29.6 Å². The van der Waals surface area contributed by atoms with Gasteiger partial charge in [-0.2, -0.15) is 5.10 Å². The number of ether oxygens (including phenoxy) is 1. The normalized spacial score (nSPS) is 27.4. The lowest BCUT2D eigenvalue weighted by Crippen LogP contribution is -2.62. The third-order valence-corrected chi connectivity index (χ3v) is 7.22. The minimum Gasteiger partial charge on any atom is -0.507 e. The molecule has 2 N–H and O–H groups in total. The third kappa shape index (κ3) is 4.27. The van der Waals surface area contributed by atoms with Crippen molar-refractivity contribution < 1.29 is 18.3 Å². The van der Waals surface area contributed by atoms with Crippen molar-refractivity contribution in [3.63, 3.8) is 0 Å². The number of nitrogens with zero attached hydrogens (tertiary/aromatic N) is 6. The molecule has 35 heavy (non-hydrogen) atoms. The Morgan fingerprint density at radius 2 is 2.03 bits per heavy atom. The van der Waals surface area contributed by atoms with Crippen molar-refractivity contribution in [1.29, 1.82) is 0 Å². The number of halogens is 1. The van der Waals surface area contributed by atoms with Crippen LogP contribution in [0.25, 0.3) is 22.4 Å². The number of anilines is 1. The van der Waals surface area contributed by atoms with Gasteiger partial charge in [0, 0.05) is 35.3 Å². The molecule has 10 heteroatoms. The van der Waals surface area contributed by atoms with Crippen molar-refractivity contribution in [3.8, 4) is 34.0 Å². The summed E-state index contributed by atoms with van der Waals surface area (Å²) in [5, 5.41) is 30.4. The minimum absolute atomic E-state index is 0.0597. The van der Waals surface area contributed by atoms with Crippen molar-refractivity contribution in [2.24, 2.45) is 0 Å². The molecule has 4 atom stereocenters. The van der Waals surface area contributed by atoms with Gasteiger partial charge < -0.3 is 20.1 Å². The molecule has 2 aliphatic heterocycles. The Bertz CT molecular complexity index is 1310. The molecule has 2 bridgehead atoms. The predicted molar refractivity (Wildman–Crippen MR) is 128 cm³/mol. The number of methoxy groups -OCH3 is 1. The first-order valence-electron chi connectivity index (χ1n) is 13.5. The number of hydrogen-bond donors (Lipinski definition) is 2. The van der Waals surface area contributed by atoms with Crippen molar-refractivity contribution in [2.75, 3.05) is 11.9 Å². The fourth-order valence-corrected chi connectivity index (χ4v) is 5.38. The van der Waals surface area contributed by atoms with E-state index in [0.29, 0.717) is 34.4 Å². The van der Waals surface area contributed by atoms with Gasteiger partial charge in [-0.15, -0.1) is 15.3 Å². The summed E-state index contributed by atoms with van der Waals surface area (Å²) in [6.45, 7) is 0. The van der Waals surface area contributed by atoms with E-state index >= 15 is 4.39 Å². The number of aromatic hydroxyl groups is 1. The number of hydrogen-bond acceptors (Lipinski definition) is 9. The fraction of sp³-hybridized carbons (Fsp3) is 0.480. The summed E-state index contributed by atoms with van der Waals surface area (Å²) >= 11 is 0. The van der Waals surface area contributed by atoms with Gasteiger partial charge in [-0.25, -0.2) is 9.37 Å². The van der Waals surface area contributed by atoms with Crippen molar-refractivity contribution >= 4 is 5.95 Å². The molecule has 2 saturated heterocycles. The topological polar surface area (TPSA) is 109 Å². The van der Waals surface area contributed by atoms with E-state index in [2.05, 4.69) is 30.7 Å². The molecule has 0 amide bonds. The Hall–Kier alpha value is -3.40. The molecule has 1 aromatic carbocycles. The SMILES string of the molecule is [2H]C([2H])([2H])Oc1cc(-c2ccc(-c3cnc(N(C4CC4)[C@H]4C[C@@H]5CCC[C@H](N5)[C@H]4F)nn3)c(O)c2)cnn1. The van der Waals surface area contributed by atoms with E-state index in [0.717, 1.165) is 38.5 Å². The first-order chi connectivity index (χ1) is 18.2. The van der Waals surface area contributed by atoms with Crippen LogP contribution in [0.1, 0.15) is 42.6 Å². The number of rotatable bonds is 6. The first kappa shape index (κ1) is 18.9. The molecule has 6 rings (SSSR count). The zero-order valence-electron chi connectivity index (χ0n) is 22.0. The molecule has 182 valence electrons. The summed E-state index contributed by atoms with van der Waals surface area (Å²) in [6, 6.07) is 6.51. The highest BCUT2D eigenvalue weighted by molar-refractivity contribution is 5.74. The highest BCUT2D eigenvalue weighted by Gasteiger charge is 2.47. The van der Waals surface area contributed by atoms with E-state index in [9.17, 15) is 5.11 Å². The van der Waals surface area contributed by atoms with E-state index in [4.69, 9.17) is 8.85 Å². The Labute approximate surface area is 207 Å². The van der Waals surface area contributed by atoms with Crippen LogP contribution in [0.5, 0.6) is 11.6 Å². The molecule has 0 spiro atoms. The van der Waals surface area contributed by atoms with Gasteiger partial charge in [0.2, 0.25) is 11.8 Å². The molecular weight excluding hydrogens is 449 g/mol. The molecule has 0 radical (unpaired) electrons. The monoisotopic (exact) mass is 480 g/mol. The van der Waals surface area contributed by atoms with Crippen LogP contribution in [-0.4, -0.2) is 67.9 Å². The second-order valence-electron chi connectivity index (χ2n) is 9.55. The number of piperidine rings is 2. The quantitative estimate of drug-likeness (QED) is 0.549. The van der Waals surface area contributed by atoms with Crippen LogP contribution < -0.4 is 15.0 Å². The summed E-state index contributed by atoms with van der Waals surface area (Å²) in [5.41, 5.74) is 1.92. The maximum Gasteiger partial charge on any atom is 0.245 e. The summed E-state index contributed by atoms with van der Waals surface area (Å²) in [6.07, 6.45) is 7.69. The standard InChI is InChI=1S/C25H28FN7O2/c1-35-23-10-15(12-28-31-23)14-5-8-18(22(34)9-14)20-13-27-25(32-30-20)33(17-6-7-17)21-11-16-3-2-4-19(29-16)24(21)26/h5,8-10,12-13,16-17,19,21,24,29,34H,2-4,6-7,11H2,1H3/t16-,19-,21-,24+/m0/s1/i1D3. The molecule has 3 aliphatic rings. The number of alkyl halides is 1. The zero-order valence-corrected chi connectivity index (χ0v) is 19.0. The van der Waals surface area contributed by atoms with Crippen LogP contribution >= 0.6 is 0 Å². The summed E-state index contributed by atoms with van der Waals surface area (Å²) in [5.74, 6) is 0.213. The fourth-order valence-electron chi connectivity index (χ4n) is 5.38. The summed E-state index contributed by atoms with van der Waals surface area (Å²) < 4.78 is 42.0. The van der Waals surface area contributed by atoms with Gasteiger partial charge >= 0.3 is 0 Å². The zero-order chi connectivity index (χ0) is 26.4. The number of aromatic nitrogens is 5. The number of nitrogens with one attached hydrogen (secondary N) is 1. The van der Waals surface area contributed by atoms with Gasteiger partial charge in [0.25, 0.3) is 0 Å². The third-order valence-electron chi connectivity index (χ3n) is 7.22. The Morgan fingerprint density at radius 3 is 2.80 bits per heavy atom. The number of benzene rings is 1. The largest absolute Gasteiger partial charge is 0.507 e. The molecule has 2 aromatic heterocycles. The molecular formula is C25H28FN7O2. The van der Waals surface area contributed by atoms with Crippen molar-refractivity contribution in [3.05, 3.63) is 36.7 Å². The average Bonchev–Trinajstić information content (AvgIpc) is 3.72. The van der Waals surface area contributed by atoms with E-state index in [1.54, 1.807) is 18.3 Å². The Morgan fingerprint density at radius 1 is 1.11 bits per heavy atom. The van der Waals surface area contributed by atoms with Crippen molar-refractivity contribution in [2.45, 2.75) is 68.9 Å². The Balaban J connectivity index is 1.23. The lowest BCUT2D eigenvalue weighted by Gasteiger charge is -2.46. The molecule has 1 saturated carbocycles. The minimum atomic E-state index is -2.65. The highest BCUT2D eigenvalue weighted by atomic mass is 19.1. The van der Waals surface area contributed by atoms with E-state index < -0.39 is 13.2 Å². The van der Waals surface area contributed by atoms with Crippen LogP contribution in [0, 0.1) is 0 Å². The molecule has 3 aromatic rings. The maximum atomic E-state index is 15.5. The van der Waals surface area contributed by atoms with Gasteiger partial charge in [-0.05, 0) is 49.8 Å². The van der Waals surface area contributed by atoms with Gasteiger partial charge in [-0.3, -0.25) is 0 Å². The molecule has 4 heterocycles. The number of phenolic OH excluding ortho intramolecular Hbond substituents is 1. The summed E-state index contributed by atoms with van der Waals surface area (Å²) in [4.78, 5) is 6.59. The second-order valence-corrected chi connectivity index (χ2v) is 9.55. The number of fused-ring (bicyclic) bond motifs is 2. The van der Waals surface area contributed by atoms with Gasteiger partial charge in [0.15, 0.2) is 0 Å². The Kier molecular flexibility index (Phi) is 4.85. The first-order valence-corrected chi connectivity index (χ1v) is 12.0. The summed E-state index contributed by atoms with van der Waals surface area (Å²) in [7, 11) is -2.65. The van der Waals surface area contributed by atoms with Crippen molar-refractivity contribution in [1.82, 2.24) is 30.7 Å². The van der Waals surface area contributed by atoms with Crippen LogP contribution in [-0.2, 0) is 0 Å². The van der Waals surface area contributed by atoms with E-state index in [-0.39, 0.29) is 29.8 Å². The van der Waals surface area contributed by atoms with Crippen LogP contribution in [0.4, 0.5) is 10.3 Å². The van der Waals surface area contributed by atoms with Crippen LogP contribution in [0.3, 0.4) is 0 Å². The maximum absolute atomic E-state index is 15.5. The van der Waals surface area contributed by atoms with E-state index in [1.165, 1.54) is 18.3 Å². The predicted octanol–water partition coefficient (Wildman–Crippen LogP) is 3.30. The van der Waals surface area contributed by atoms with Crippen LogP contribution in [0.15, 0.2) is 36.7 Å². The lowest BCUT2D eigenvalue weighted by molar-refractivity contribution is 0.103. The molecule has 0 unspecified atom stereocenters. The molecule has 3 fully saturated rings. The molecule has 1 aliphatic carbocycles. The highest BCUT2D eigenvalue weighted by Crippen LogP contribution is 2.39. The van der Waals surface area contributed by atoms with Crippen LogP contribution in [0.2, 0.25) is 0 Å². The second kappa shape index (κ2) is 8.99. The number of phenols is 1. The van der Waals surface area contributed by atoms with E-state index in [1.807, 2.05) is 4.90 Å². The smallest absolute Gasteiger partial charge is 0.245 e.